The summed E-state index contributed by atoms with van der Waals surface area (Å²) in [7, 11) is 0. The molecule has 0 atom stereocenters. The van der Waals surface area contributed by atoms with E-state index < -0.39 is 0 Å². The molecule has 0 amide bonds. The average molecular weight is 356 g/mol. The zero-order chi connectivity index (χ0) is 17.6. The minimum atomic E-state index is 0.753. The van der Waals surface area contributed by atoms with Crippen LogP contribution in [0.2, 0.25) is 0 Å². The molecule has 0 aliphatic heterocycles. The van der Waals surface area contributed by atoms with Gasteiger partial charge >= 0.3 is 0 Å². The Morgan fingerprint density at radius 3 is 2.27 bits per heavy atom. The van der Waals surface area contributed by atoms with Crippen molar-refractivity contribution in [2.24, 2.45) is 5.10 Å². The third-order valence-electron chi connectivity index (χ3n) is 3.77. The van der Waals surface area contributed by atoms with Crippen molar-refractivity contribution in [3.05, 3.63) is 90.8 Å². The molecule has 0 spiro atoms. The van der Waals surface area contributed by atoms with E-state index in [0.717, 1.165) is 32.4 Å². The van der Waals surface area contributed by atoms with Gasteiger partial charge in [0.25, 0.3) is 0 Å². The first-order valence-corrected chi connectivity index (χ1v) is 9.02. The van der Waals surface area contributed by atoms with Gasteiger partial charge in [-0.25, -0.2) is 4.98 Å². The number of hydrogen-bond donors (Lipinski definition) is 1. The van der Waals surface area contributed by atoms with Crippen LogP contribution in [-0.4, -0.2) is 16.2 Å². The second-order valence-electron chi connectivity index (χ2n) is 5.59. The van der Waals surface area contributed by atoms with Crippen LogP contribution in [0.25, 0.3) is 21.7 Å². The van der Waals surface area contributed by atoms with Gasteiger partial charge in [0.1, 0.15) is 0 Å². The third kappa shape index (κ3) is 3.68. The smallest absolute Gasteiger partial charge is 0.204 e. The van der Waals surface area contributed by atoms with Gasteiger partial charge in [0.05, 0.1) is 16.8 Å². The van der Waals surface area contributed by atoms with E-state index in [9.17, 15) is 0 Å². The van der Waals surface area contributed by atoms with Crippen LogP contribution in [-0.2, 0) is 0 Å². The fourth-order valence-electron chi connectivity index (χ4n) is 2.56. The molecule has 5 heteroatoms. The third-order valence-corrected chi connectivity index (χ3v) is 4.78. The van der Waals surface area contributed by atoms with E-state index in [0.29, 0.717) is 0 Å². The molecular formula is C21H16N4S. The summed E-state index contributed by atoms with van der Waals surface area (Å²) >= 11 is 1.59. The van der Waals surface area contributed by atoms with Crippen molar-refractivity contribution < 1.29 is 0 Å². The molecule has 4 nitrogen and oxygen atoms in total. The Morgan fingerprint density at radius 2 is 1.58 bits per heavy atom. The molecule has 0 fully saturated rings. The Morgan fingerprint density at radius 1 is 0.846 bits per heavy atom. The Kier molecular flexibility index (Phi) is 4.80. The maximum absolute atomic E-state index is 4.77. The quantitative estimate of drug-likeness (QED) is 0.389. The van der Waals surface area contributed by atoms with E-state index >= 15 is 0 Å². The van der Waals surface area contributed by atoms with Crippen LogP contribution >= 0.6 is 11.3 Å². The van der Waals surface area contributed by atoms with Crippen molar-refractivity contribution in [2.45, 2.75) is 0 Å². The predicted octanol–water partition coefficient (Wildman–Crippen LogP) is 5.32. The molecule has 2 aromatic heterocycles. The molecule has 0 saturated carbocycles. The summed E-state index contributed by atoms with van der Waals surface area (Å²) < 4.78 is 0. The van der Waals surface area contributed by atoms with Gasteiger partial charge in [-0.15, -0.1) is 0 Å². The van der Waals surface area contributed by atoms with Crippen LogP contribution in [0.1, 0.15) is 5.56 Å². The molecule has 0 unspecified atom stereocenters. The number of hydrogen-bond acceptors (Lipinski definition) is 5. The van der Waals surface area contributed by atoms with Gasteiger partial charge in [-0.05, 0) is 11.6 Å². The summed E-state index contributed by atoms with van der Waals surface area (Å²) in [5, 5.41) is 5.04. The highest BCUT2D eigenvalue weighted by atomic mass is 32.1. The lowest BCUT2D eigenvalue weighted by molar-refractivity contribution is 1.28. The van der Waals surface area contributed by atoms with Gasteiger partial charge in [0.15, 0.2) is 0 Å². The van der Waals surface area contributed by atoms with Crippen LogP contribution in [0.15, 0.2) is 90.3 Å². The lowest BCUT2D eigenvalue weighted by Crippen LogP contribution is -1.90. The van der Waals surface area contributed by atoms with E-state index in [2.05, 4.69) is 39.8 Å². The number of hydrazone groups is 1. The normalized spacial score (nSPS) is 10.9. The summed E-state index contributed by atoms with van der Waals surface area (Å²) in [4.78, 5) is 9.96. The minimum absolute atomic E-state index is 0.753. The van der Waals surface area contributed by atoms with Crippen molar-refractivity contribution in [3.8, 4) is 21.7 Å². The number of anilines is 1. The van der Waals surface area contributed by atoms with Crippen molar-refractivity contribution in [3.63, 3.8) is 0 Å². The molecule has 2 heterocycles. The Labute approximate surface area is 155 Å². The highest BCUT2D eigenvalue weighted by Gasteiger charge is 2.14. The molecule has 0 aliphatic rings. The second kappa shape index (κ2) is 7.72. The SMILES string of the molecule is C(=NNc1nc(-c2ccccc2)c(-c2ccccc2)s1)c1cccnc1. The second-order valence-corrected chi connectivity index (χ2v) is 6.58. The maximum atomic E-state index is 4.77. The molecule has 126 valence electrons. The van der Waals surface area contributed by atoms with Crippen molar-refractivity contribution in [2.75, 3.05) is 5.43 Å². The number of aromatic nitrogens is 2. The number of rotatable bonds is 5. The van der Waals surface area contributed by atoms with E-state index in [-0.39, 0.29) is 0 Å². The number of pyridine rings is 1. The summed E-state index contributed by atoms with van der Waals surface area (Å²) in [6.45, 7) is 0. The topological polar surface area (TPSA) is 50.2 Å². The molecule has 0 aliphatic carbocycles. The molecule has 0 bridgehead atoms. The van der Waals surface area contributed by atoms with E-state index in [1.54, 1.807) is 29.9 Å². The molecule has 1 N–H and O–H groups in total. The summed E-state index contributed by atoms with van der Waals surface area (Å²) in [5.74, 6) is 0. The molecule has 0 saturated heterocycles. The van der Waals surface area contributed by atoms with Crippen LogP contribution in [0.5, 0.6) is 0 Å². The van der Waals surface area contributed by atoms with Crippen molar-refractivity contribution >= 4 is 22.7 Å². The first kappa shape index (κ1) is 16.2. The molecule has 4 aromatic rings. The van der Waals surface area contributed by atoms with E-state index in [1.165, 1.54) is 0 Å². The number of benzene rings is 2. The summed E-state index contributed by atoms with van der Waals surface area (Å²) in [6, 6.07) is 24.3. The average Bonchev–Trinajstić information content (AvgIpc) is 3.14. The van der Waals surface area contributed by atoms with Gasteiger partial charge in [-0.3, -0.25) is 10.4 Å². The Balaban J connectivity index is 1.66. The predicted molar refractivity (Wildman–Crippen MR) is 108 cm³/mol. The number of nitrogens with one attached hydrogen (secondary N) is 1. The standard InChI is InChI=1S/C21H16N4S/c1-3-9-17(10-4-1)19-20(18-11-5-2-6-12-18)26-21(24-19)25-23-15-16-8-7-13-22-14-16/h1-15H,(H,24,25). The van der Waals surface area contributed by atoms with Gasteiger partial charge in [-0.2, -0.15) is 5.10 Å². The highest BCUT2D eigenvalue weighted by Crippen LogP contribution is 2.38. The van der Waals surface area contributed by atoms with Crippen molar-refractivity contribution in [1.82, 2.24) is 9.97 Å². The van der Waals surface area contributed by atoms with Gasteiger partial charge in [-0.1, -0.05) is 78.1 Å². The monoisotopic (exact) mass is 356 g/mol. The Bertz CT molecular complexity index is 939. The number of thiazole rings is 1. The lowest BCUT2D eigenvalue weighted by atomic mass is 10.1. The summed E-state index contributed by atoms with van der Waals surface area (Å²) in [5.41, 5.74) is 7.17. The zero-order valence-corrected chi connectivity index (χ0v) is 14.7. The minimum Gasteiger partial charge on any atom is -0.264 e. The first-order valence-electron chi connectivity index (χ1n) is 8.21. The molecular weight excluding hydrogens is 340 g/mol. The van der Waals surface area contributed by atoms with Crippen molar-refractivity contribution in [1.29, 1.82) is 0 Å². The molecule has 26 heavy (non-hydrogen) atoms. The first-order chi connectivity index (χ1) is 12.9. The maximum Gasteiger partial charge on any atom is 0.204 e. The summed E-state index contributed by atoms with van der Waals surface area (Å²) in [6.07, 6.45) is 5.24. The lowest BCUT2D eigenvalue weighted by Gasteiger charge is -2.02. The largest absolute Gasteiger partial charge is 0.264 e. The van der Waals surface area contributed by atoms with E-state index in [1.807, 2.05) is 48.5 Å². The molecule has 0 radical (unpaired) electrons. The molecule has 2 aromatic carbocycles. The zero-order valence-electron chi connectivity index (χ0n) is 13.9. The molecule has 4 rings (SSSR count). The fraction of sp³-hybridized carbons (Fsp3) is 0. The van der Waals surface area contributed by atoms with Gasteiger partial charge < -0.3 is 0 Å². The van der Waals surface area contributed by atoms with E-state index in [4.69, 9.17) is 4.98 Å². The van der Waals surface area contributed by atoms with Crippen LogP contribution in [0, 0.1) is 0 Å². The van der Waals surface area contributed by atoms with Crippen LogP contribution in [0.3, 0.4) is 0 Å². The van der Waals surface area contributed by atoms with Crippen LogP contribution < -0.4 is 5.43 Å². The van der Waals surface area contributed by atoms with Crippen LogP contribution in [0.4, 0.5) is 5.13 Å². The highest BCUT2D eigenvalue weighted by molar-refractivity contribution is 7.19. The van der Waals surface area contributed by atoms with Gasteiger partial charge in [0.2, 0.25) is 5.13 Å². The fourth-order valence-corrected chi connectivity index (χ4v) is 3.50. The van der Waals surface area contributed by atoms with Gasteiger partial charge in [0, 0.05) is 23.5 Å². The Hall–Kier alpha value is -3.31. The number of nitrogens with zero attached hydrogens (tertiary/aromatic N) is 3.